The summed E-state index contributed by atoms with van der Waals surface area (Å²) in [4.78, 5) is 60.9. The van der Waals surface area contributed by atoms with Gasteiger partial charge >= 0.3 is 11.9 Å². The Hall–Kier alpha value is -2.34. The molecular weight excluding hydrogens is 452 g/mol. The highest BCUT2D eigenvalue weighted by atomic mass is 32.2. The monoisotopic (exact) mass is 490 g/mol. The smallest absolute Gasteiger partial charge is 0.326 e. The van der Waals surface area contributed by atoms with Gasteiger partial charge in [-0.25, -0.2) is 4.79 Å². The first kappa shape index (κ1) is 30.7. The molecule has 190 valence electrons. The van der Waals surface area contributed by atoms with Gasteiger partial charge in [0.1, 0.15) is 18.1 Å². The molecule has 0 aromatic carbocycles. The van der Waals surface area contributed by atoms with Gasteiger partial charge in [-0.2, -0.15) is 11.8 Å². The van der Waals surface area contributed by atoms with Gasteiger partial charge in [0.25, 0.3) is 0 Å². The van der Waals surface area contributed by atoms with Crippen molar-refractivity contribution in [3.63, 3.8) is 0 Å². The molecular formula is C21H38N4O7S. The number of thioether (sulfide) groups is 1. The molecule has 0 aliphatic carbocycles. The van der Waals surface area contributed by atoms with E-state index in [1.165, 1.54) is 11.8 Å². The molecule has 0 aliphatic heterocycles. The second-order valence-electron chi connectivity index (χ2n) is 8.13. The molecule has 0 aromatic rings. The molecule has 7 N–H and O–H groups in total. The van der Waals surface area contributed by atoms with Crippen molar-refractivity contribution < 1.29 is 34.2 Å². The molecule has 0 saturated carbocycles. The van der Waals surface area contributed by atoms with Gasteiger partial charge in [0.05, 0.1) is 12.5 Å². The van der Waals surface area contributed by atoms with Crippen LogP contribution < -0.4 is 21.7 Å². The minimum Gasteiger partial charge on any atom is -0.481 e. The standard InChI is InChI=1S/C21H38N4O7S/c1-6-11(3)16(20(30)25-17(21(31)32)12(4)7-2)24-19(29)14(10-15(26)27)23-18(28)13(22)8-9-33-5/h11-14,16-17H,6-10,22H2,1-5H3,(H,23,28)(H,24,29)(H,25,30)(H,26,27)(H,31,32). The number of carboxylic acid groups (broad SMARTS) is 2. The highest BCUT2D eigenvalue weighted by Gasteiger charge is 2.34. The Labute approximate surface area is 199 Å². The highest BCUT2D eigenvalue weighted by molar-refractivity contribution is 7.98. The zero-order valence-electron chi connectivity index (χ0n) is 19.9. The molecule has 0 radical (unpaired) electrons. The van der Waals surface area contributed by atoms with Crippen molar-refractivity contribution in [2.75, 3.05) is 12.0 Å². The van der Waals surface area contributed by atoms with Crippen molar-refractivity contribution in [1.29, 1.82) is 0 Å². The molecule has 3 amide bonds. The van der Waals surface area contributed by atoms with E-state index in [0.29, 0.717) is 25.0 Å². The predicted molar refractivity (Wildman–Crippen MR) is 126 cm³/mol. The van der Waals surface area contributed by atoms with Crippen LogP contribution >= 0.6 is 11.8 Å². The van der Waals surface area contributed by atoms with E-state index in [2.05, 4.69) is 16.0 Å². The van der Waals surface area contributed by atoms with Crippen LogP contribution in [0.4, 0.5) is 0 Å². The molecule has 6 unspecified atom stereocenters. The SMILES string of the molecule is CCC(C)C(NC(=O)C(NC(=O)C(CC(=O)O)NC(=O)C(N)CCSC)C(C)CC)C(=O)O. The summed E-state index contributed by atoms with van der Waals surface area (Å²) in [5.74, 6) is -4.85. The van der Waals surface area contributed by atoms with Gasteiger partial charge in [-0.1, -0.05) is 40.5 Å². The molecule has 0 aromatic heterocycles. The van der Waals surface area contributed by atoms with Crippen LogP contribution in [0.5, 0.6) is 0 Å². The van der Waals surface area contributed by atoms with Crippen LogP contribution in [0.15, 0.2) is 0 Å². The summed E-state index contributed by atoms with van der Waals surface area (Å²) >= 11 is 1.49. The van der Waals surface area contributed by atoms with Crippen LogP contribution in [-0.2, 0) is 24.0 Å². The van der Waals surface area contributed by atoms with Gasteiger partial charge in [0.2, 0.25) is 17.7 Å². The Balaban J connectivity index is 5.57. The third kappa shape index (κ3) is 10.9. The van der Waals surface area contributed by atoms with Crippen molar-refractivity contribution in [3.8, 4) is 0 Å². The molecule has 0 saturated heterocycles. The molecule has 0 heterocycles. The minimum atomic E-state index is -1.44. The van der Waals surface area contributed by atoms with Gasteiger partial charge < -0.3 is 31.9 Å². The fraction of sp³-hybridized carbons (Fsp3) is 0.762. The first-order valence-electron chi connectivity index (χ1n) is 11.0. The molecule has 33 heavy (non-hydrogen) atoms. The summed E-state index contributed by atoms with van der Waals surface area (Å²) in [6.07, 6.45) is 2.49. The topological polar surface area (TPSA) is 188 Å². The second kappa shape index (κ2) is 15.5. The fourth-order valence-corrected chi connectivity index (χ4v) is 3.41. The van der Waals surface area contributed by atoms with E-state index >= 15 is 0 Å². The summed E-state index contributed by atoms with van der Waals surface area (Å²) < 4.78 is 0. The van der Waals surface area contributed by atoms with Crippen molar-refractivity contribution in [3.05, 3.63) is 0 Å². The van der Waals surface area contributed by atoms with Gasteiger partial charge in [-0.05, 0) is 30.3 Å². The number of carbonyl (C=O) groups excluding carboxylic acids is 3. The molecule has 12 heteroatoms. The average Bonchev–Trinajstić information content (AvgIpc) is 2.76. The van der Waals surface area contributed by atoms with Crippen LogP contribution in [0.2, 0.25) is 0 Å². The Morgan fingerprint density at radius 3 is 1.82 bits per heavy atom. The lowest BCUT2D eigenvalue weighted by molar-refractivity contribution is -0.144. The molecule has 0 rings (SSSR count). The lowest BCUT2D eigenvalue weighted by atomic mass is 9.95. The Bertz CT molecular complexity index is 692. The summed E-state index contributed by atoms with van der Waals surface area (Å²) in [5.41, 5.74) is 5.80. The largest absolute Gasteiger partial charge is 0.481 e. The Morgan fingerprint density at radius 2 is 1.36 bits per heavy atom. The molecule has 11 nitrogen and oxygen atoms in total. The second-order valence-corrected chi connectivity index (χ2v) is 9.11. The summed E-state index contributed by atoms with van der Waals surface area (Å²) in [5, 5.41) is 26.0. The van der Waals surface area contributed by atoms with E-state index in [0.717, 1.165) is 0 Å². The molecule has 0 aliphatic rings. The highest BCUT2D eigenvalue weighted by Crippen LogP contribution is 2.13. The Kier molecular flexibility index (Phi) is 14.4. The molecule has 0 fully saturated rings. The summed E-state index contributed by atoms with van der Waals surface area (Å²) in [6, 6.07) is -4.62. The van der Waals surface area contributed by atoms with Gasteiger partial charge in [0.15, 0.2) is 0 Å². The lowest BCUT2D eigenvalue weighted by Crippen LogP contribution is -2.59. The van der Waals surface area contributed by atoms with Crippen molar-refractivity contribution >= 4 is 41.4 Å². The number of carboxylic acids is 2. The van der Waals surface area contributed by atoms with E-state index in [4.69, 9.17) is 5.73 Å². The van der Waals surface area contributed by atoms with Crippen LogP contribution in [0, 0.1) is 11.8 Å². The van der Waals surface area contributed by atoms with Crippen LogP contribution in [-0.4, -0.2) is 76.0 Å². The molecule has 6 atom stereocenters. The normalized spacial score (nSPS) is 16.4. The predicted octanol–water partition coefficient (Wildman–Crippen LogP) is 0.173. The number of aliphatic carboxylic acids is 2. The van der Waals surface area contributed by atoms with Gasteiger partial charge in [-0.3, -0.25) is 19.2 Å². The number of hydrogen-bond acceptors (Lipinski definition) is 7. The van der Waals surface area contributed by atoms with Crippen LogP contribution in [0.1, 0.15) is 53.4 Å². The van der Waals surface area contributed by atoms with Crippen LogP contribution in [0.3, 0.4) is 0 Å². The number of rotatable bonds is 16. The van der Waals surface area contributed by atoms with E-state index in [1.807, 2.05) is 6.26 Å². The first-order chi connectivity index (χ1) is 15.4. The zero-order chi connectivity index (χ0) is 25.7. The number of hydrogen-bond donors (Lipinski definition) is 6. The third-order valence-corrected chi connectivity index (χ3v) is 6.20. The zero-order valence-corrected chi connectivity index (χ0v) is 20.7. The Morgan fingerprint density at radius 1 is 0.848 bits per heavy atom. The maximum Gasteiger partial charge on any atom is 0.326 e. The fourth-order valence-electron chi connectivity index (χ4n) is 2.92. The maximum atomic E-state index is 12.9. The lowest BCUT2D eigenvalue weighted by Gasteiger charge is -2.29. The molecule has 0 spiro atoms. The summed E-state index contributed by atoms with van der Waals surface area (Å²) in [6.45, 7) is 6.98. The minimum absolute atomic E-state index is 0.346. The first-order valence-corrected chi connectivity index (χ1v) is 12.4. The van der Waals surface area contributed by atoms with Crippen LogP contribution in [0.25, 0.3) is 0 Å². The van der Waals surface area contributed by atoms with E-state index in [1.54, 1.807) is 27.7 Å². The van der Waals surface area contributed by atoms with E-state index in [-0.39, 0.29) is 11.8 Å². The number of nitrogens with two attached hydrogens (primary N) is 1. The number of amides is 3. The maximum absolute atomic E-state index is 12.9. The third-order valence-electron chi connectivity index (χ3n) is 5.55. The van der Waals surface area contributed by atoms with E-state index < -0.39 is 60.2 Å². The van der Waals surface area contributed by atoms with Gasteiger partial charge in [-0.15, -0.1) is 0 Å². The average molecular weight is 491 g/mol. The number of nitrogens with one attached hydrogen (secondary N) is 3. The van der Waals surface area contributed by atoms with Crippen molar-refractivity contribution in [1.82, 2.24) is 16.0 Å². The molecule has 0 bridgehead atoms. The quantitative estimate of drug-likeness (QED) is 0.175. The van der Waals surface area contributed by atoms with Gasteiger partial charge in [0, 0.05) is 0 Å². The van der Waals surface area contributed by atoms with E-state index in [9.17, 15) is 34.2 Å². The van der Waals surface area contributed by atoms with Crippen molar-refractivity contribution in [2.45, 2.75) is 77.5 Å². The van der Waals surface area contributed by atoms with Crippen molar-refractivity contribution in [2.24, 2.45) is 17.6 Å². The number of carbonyl (C=O) groups is 5. The summed E-state index contributed by atoms with van der Waals surface area (Å²) in [7, 11) is 0.